The van der Waals surface area contributed by atoms with Gasteiger partial charge in [-0.3, -0.25) is 4.79 Å². The Labute approximate surface area is 148 Å². The molecular formula is C17H24Cl2N2O2. The van der Waals surface area contributed by atoms with E-state index < -0.39 is 0 Å². The van der Waals surface area contributed by atoms with Crippen LogP contribution in [0.2, 0.25) is 0 Å². The summed E-state index contributed by atoms with van der Waals surface area (Å²) in [6, 6.07) is 6.00. The Hall–Kier alpha value is -0.970. The third kappa shape index (κ3) is 5.27. The van der Waals surface area contributed by atoms with Crippen LogP contribution in [0.4, 0.5) is 5.69 Å². The van der Waals surface area contributed by atoms with Gasteiger partial charge in [0, 0.05) is 50.9 Å². The van der Waals surface area contributed by atoms with Crippen molar-refractivity contribution in [3.8, 4) is 5.75 Å². The molecule has 0 spiro atoms. The average molecular weight is 359 g/mol. The van der Waals surface area contributed by atoms with E-state index in [1.165, 1.54) is 5.56 Å². The predicted octanol–water partition coefficient (Wildman–Crippen LogP) is 3.14. The minimum atomic E-state index is 0.160. The summed E-state index contributed by atoms with van der Waals surface area (Å²) < 4.78 is 5.83. The van der Waals surface area contributed by atoms with Crippen molar-refractivity contribution in [1.29, 1.82) is 0 Å². The standard InChI is InChI=1S/C17H24Cl2N2O2/c1-20-16-13-15(5-3-14(16)4-6-17(20)22)23-12-2-9-21(10-7-18)11-8-19/h3,5,13H,2,4,6-12H2,1H3. The van der Waals surface area contributed by atoms with Crippen molar-refractivity contribution in [2.24, 2.45) is 0 Å². The first-order chi connectivity index (χ1) is 11.2. The Morgan fingerprint density at radius 2 is 1.91 bits per heavy atom. The van der Waals surface area contributed by atoms with Gasteiger partial charge in [0.05, 0.1) is 12.3 Å². The van der Waals surface area contributed by atoms with Crippen molar-refractivity contribution >= 4 is 34.8 Å². The number of benzene rings is 1. The molecule has 0 atom stereocenters. The van der Waals surface area contributed by atoms with Crippen molar-refractivity contribution in [1.82, 2.24) is 4.90 Å². The highest BCUT2D eigenvalue weighted by molar-refractivity contribution is 6.18. The molecule has 4 nitrogen and oxygen atoms in total. The van der Waals surface area contributed by atoms with Crippen molar-refractivity contribution in [2.75, 3.05) is 49.9 Å². The molecule has 0 aromatic heterocycles. The molecule has 2 rings (SSSR count). The number of nitrogens with zero attached hydrogens (tertiary/aromatic N) is 2. The zero-order valence-corrected chi connectivity index (χ0v) is 15.1. The quantitative estimate of drug-likeness (QED) is 0.502. The van der Waals surface area contributed by atoms with Crippen LogP contribution in [0.5, 0.6) is 5.75 Å². The lowest BCUT2D eigenvalue weighted by Crippen LogP contribution is -2.31. The number of hydrogen-bond donors (Lipinski definition) is 0. The van der Waals surface area contributed by atoms with E-state index >= 15 is 0 Å². The van der Waals surface area contributed by atoms with E-state index in [0.717, 1.165) is 43.9 Å². The van der Waals surface area contributed by atoms with Gasteiger partial charge >= 0.3 is 0 Å². The highest BCUT2D eigenvalue weighted by Gasteiger charge is 2.21. The minimum Gasteiger partial charge on any atom is -0.493 e. The number of fused-ring (bicyclic) bond motifs is 1. The van der Waals surface area contributed by atoms with Gasteiger partial charge in [0.25, 0.3) is 0 Å². The van der Waals surface area contributed by atoms with Gasteiger partial charge < -0.3 is 14.5 Å². The zero-order chi connectivity index (χ0) is 16.7. The molecule has 0 radical (unpaired) electrons. The smallest absolute Gasteiger partial charge is 0.227 e. The van der Waals surface area contributed by atoms with E-state index in [0.29, 0.717) is 24.8 Å². The van der Waals surface area contributed by atoms with Crippen LogP contribution in [-0.4, -0.2) is 55.9 Å². The number of rotatable bonds is 9. The third-order valence-corrected chi connectivity index (χ3v) is 4.43. The van der Waals surface area contributed by atoms with Crippen molar-refractivity contribution in [3.05, 3.63) is 23.8 Å². The number of amides is 1. The summed E-state index contributed by atoms with van der Waals surface area (Å²) in [5.74, 6) is 2.20. The molecule has 23 heavy (non-hydrogen) atoms. The summed E-state index contributed by atoms with van der Waals surface area (Å²) in [5, 5.41) is 0. The summed E-state index contributed by atoms with van der Waals surface area (Å²) in [5.41, 5.74) is 2.17. The maximum Gasteiger partial charge on any atom is 0.227 e. The largest absolute Gasteiger partial charge is 0.493 e. The van der Waals surface area contributed by atoms with Gasteiger partial charge in [-0.25, -0.2) is 0 Å². The number of ether oxygens (including phenoxy) is 1. The van der Waals surface area contributed by atoms with Crippen LogP contribution in [0.15, 0.2) is 18.2 Å². The Kier molecular flexibility index (Phi) is 7.47. The van der Waals surface area contributed by atoms with E-state index in [4.69, 9.17) is 27.9 Å². The molecule has 128 valence electrons. The molecule has 0 bridgehead atoms. The molecule has 0 unspecified atom stereocenters. The van der Waals surface area contributed by atoms with Crippen LogP contribution in [-0.2, 0) is 11.2 Å². The summed E-state index contributed by atoms with van der Waals surface area (Å²) >= 11 is 11.6. The number of alkyl halides is 2. The molecule has 1 aromatic carbocycles. The Morgan fingerprint density at radius 3 is 2.61 bits per heavy atom. The fourth-order valence-electron chi connectivity index (χ4n) is 2.75. The predicted molar refractivity (Wildman–Crippen MR) is 96.2 cm³/mol. The highest BCUT2D eigenvalue weighted by Crippen LogP contribution is 2.30. The molecule has 0 saturated carbocycles. The highest BCUT2D eigenvalue weighted by atomic mass is 35.5. The first-order valence-corrected chi connectivity index (χ1v) is 9.09. The lowest BCUT2D eigenvalue weighted by atomic mass is 10.0. The van der Waals surface area contributed by atoms with Gasteiger partial charge in [0.2, 0.25) is 5.91 Å². The summed E-state index contributed by atoms with van der Waals surface area (Å²) in [6.07, 6.45) is 2.31. The minimum absolute atomic E-state index is 0.160. The van der Waals surface area contributed by atoms with Crippen LogP contribution < -0.4 is 9.64 Å². The van der Waals surface area contributed by atoms with Gasteiger partial charge in [-0.2, -0.15) is 0 Å². The molecular weight excluding hydrogens is 335 g/mol. The van der Waals surface area contributed by atoms with Crippen molar-refractivity contribution < 1.29 is 9.53 Å². The van der Waals surface area contributed by atoms with E-state index in [9.17, 15) is 4.79 Å². The molecule has 0 fully saturated rings. The molecule has 1 amide bonds. The van der Waals surface area contributed by atoms with Crippen molar-refractivity contribution in [2.45, 2.75) is 19.3 Å². The van der Waals surface area contributed by atoms with Gasteiger partial charge in [0.1, 0.15) is 5.75 Å². The molecule has 1 aromatic rings. The molecule has 0 saturated heterocycles. The molecule has 0 aliphatic carbocycles. The Balaban J connectivity index is 1.83. The molecule has 1 heterocycles. The summed E-state index contributed by atoms with van der Waals surface area (Å²) in [4.78, 5) is 15.7. The second-order valence-electron chi connectivity index (χ2n) is 5.66. The van der Waals surface area contributed by atoms with E-state index in [-0.39, 0.29) is 5.91 Å². The monoisotopic (exact) mass is 358 g/mol. The topological polar surface area (TPSA) is 32.8 Å². The fraction of sp³-hybridized carbons (Fsp3) is 0.588. The second-order valence-corrected chi connectivity index (χ2v) is 6.42. The van der Waals surface area contributed by atoms with Gasteiger partial charge in [-0.05, 0) is 24.5 Å². The van der Waals surface area contributed by atoms with Crippen LogP contribution in [0.3, 0.4) is 0 Å². The normalized spacial score (nSPS) is 14.3. The van der Waals surface area contributed by atoms with Crippen LogP contribution >= 0.6 is 23.2 Å². The maximum atomic E-state index is 11.8. The second kappa shape index (κ2) is 9.36. The number of hydrogen-bond acceptors (Lipinski definition) is 3. The SMILES string of the molecule is CN1C(=O)CCc2ccc(OCCCN(CCCl)CCCl)cc21. The van der Waals surface area contributed by atoms with Gasteiger partial charge in [-0.15, -0.1) is 23.2 Å². The summed E-state index contributed by atoms with van der Waals surface area (Å²) in [7, 11) is 1.82. The Bertz CT molecular complexity index is 519. The zero-order valence-electron chi connectivity index (χ0n) is 13.6. The summed E-state index contributed by atoms with van der Waals surface area (Å²) in [6.45, 7) is 3.25. The van der Waals surface area contributed by atoms with Gasteiger partial charge in [-0.1, -0.05) is 6.07 Å². The van der Waals surface area contributed by atoms with Crippen molar-refractivity contribution in [3.63, 3.8) is 0 Å². The molecule has 6 heteroatoms. The first-order valence-electron chi connectivity index (χ1n) is 8.02. The number of halogens is 2. The lowest BCUT2D eigenvalue weighted by Gasteiger charge is -2.26. The number of carbonyl (C=O) groups is 1. The third-order valence-electron chi connectivity index (χ3n) is 4.09. The lowest BCUT2D eigenvalue weighted by molar-refractivity contribution is -0.118. The fourth-order valence-corrected chi connectivity index (χ4v) is 3.23. The first kappa shape index (κ1) is 18.4. The maximum absolute atomic E-state index is 11.8. The number of carbonyl (C=O) groups excluding carboxylic acids is 1. The number of anilines is 1. The van der Waals surface area contributed by atoms with E-state index in [1.54, 1.807) is 4.90 Å². The van der Waals surface area contributed by atoms with Crippen LogP contribution in [0.25, 0.3) is 0 Å². The molecule has 0 N–H and O–H groups in total. The Morgan fingerprint density at radius 1 is 1.17 bits per heavy atom. The van der Waals surface area contributed by atoms with E-state index in [1.807, 2.05) is 19.2 Å². The van der Waals surface area contributed by atoms with Crippen LogP contribution in [0, 0.1) is 0 Å². The molecule has 1 aliphatic rings. The van der Waals surface area contributed by atoms with Crippen LogP contribution in [0.1, 0.15) is 18.4 Å². The average Bonchev–Trinajstić information content (AvgIpc) is 2.55. The van der Waals surface area contributed by atoms with E-state index in [2.05, 4.69) is 11.0 Å². The van der Waals surface area contributed by atoms with Gasteiger partial charge in [0.15, 0.2) is 0 Å². The molecule has 1 aliphatic heterocycles. The number of aryl methyl sites for hydroxylation is 1.